The van der Waals surface area contributed by atoms with Crippen LogP contribution >= 0.6 is 0 Å². The second-order valence-electron chi connectivity index (χ2n) is 10.6. The van der Waals surface area contributed by atoms with Crippen molar-refractivity contribution in [3.8, 4) is 0 Å². The summed E-state index contributed by atoms with van der Waals surface area (Å²) in [5, 5.41) is 19.6. The molecule has 2 heterocycles. The van der Waals surface area contributed by atoms with E-state index in [1.54, 1.807) is 13.2 Å². The lowest BCUT2D eigenvalue weighted by atomic mass is 10.1. The molecule has 1 aromatic heterocycles. The molecule has 3 aromatic carbocycles. The number of carbonyl (C=O) groups excluding carboxylic acids is 1. The standard InChI is InChI=1S/C30H31F2N5O6S/c1-18(17-43-2)33-26-11-19(16-36-9-3-4-10-36)5-7-24(26)29(38)34-28-25-15-22(6-8-27(25)37(35-28)30(39)40)44(41,42)23-13-20(31)12-21(32)14-23/h5-8,11-15,18,33H,3-4,9-10,16-17H2,1-2H3,(H,39,40)(H,34,35,38)/t18-/m1/s1. The quantitative estimate of drug-likeness (QED) is 0.222. The minimum Gasteiger partial charge on any atom is -0.463 e. The zero-order chi connectivity index (χ0) is 31.6. The highest BCUT2D eigenvalue weighted by Crippen LogP contribution is 2.31. The van der Waals surface area contributed by atoms with E-state index < -0.39 is 38.4 Å². The first-order valence-electron chi connectivity index (χ1n) is 13.9. The highest BCUT2D eigenvalue weighted by atomic mass is 32.2. The summed E-state index contributed by atoms with van der Waals surface area (Å²) in [4.78, 5) is 26.9. The molecule has 1 aliphatic heterocycles. The molecule has 0 unspecified atom stereocenters. The van der Waals surface area contributed by atoms with E-state index in [9.17, 15) is 31.9 Å². The van der Waals surface area contributed by atoms with Crippen molar-refractivity contribution in [2.45, 2.75) is 42.1 Å². The number of aromatic nitrogens is 2. The highest BCUT2D eigenvalue weighted by molar-refractivity contribution is 7.91. The second-order valence-corrected chi connectivity index (χ2v) is 12.6. The van der Waals surface area contributed by atoms with Crippen molar-refractivity contribution >= 4 is 44.2 Å². The van der Waals surface area contributed by atoms with Crippen molar-refractivity contribution in [3.05, 3.63) is 77.4 Å². The summed E-state index contributed by atoms with van der Waals surface area (Å²) in [7, 11) is -2.86. The summed E-state index contributed by atoms with van der Waals surface area (Å²) in [6.07, 6.45) is 0.797. The molecule has 3 N–H and O–H groups in total. The number of hydrogen-bond donors (Lipinski definition) is 3. The van der Waals surface area contributed by atoms with Gasteiger partial charge in [-0.05, 0) is 80.9 Å². The molecule has 11 nitrogen and oxygen atoms in total. The fourth-order valence-electron chi connectivity index (χ4n) is 5.26. The Morgan fingerprint density at radius 1 is 1.02 bits per heavy atom. The van der Waals surface area contributed by atoms with Gasteiger partial charge in [0.05, 0.1) is 27.5 Å². The van der Waals surface area contributed by atoms with Gasteiger partial charge in [-0.2, -0.15) is 4.68 Å². The van der Waals surface area contributed by atoms with Gasteiger partial charge in [0.15, 0.2) is 5.82 Å². The number of halogens is 2. The molecule has 1 amide bonds. The van der Waals surface area contributed by atoms with Gasteiger partial charge in [0.1, 0.15) is 11.6 Å². The first-order valence-corrected chi connectivity index (χ1v) is 15.3. The van der Waals surface area contributed by atoms with Gasteiger partial charge in [0.25, 0.3) is 5.91 Å². The number of ether oxygens (including phenoxy) is 1. The third-order valence-corrected chi connectivity index (χ3v) is 9.00. The van der Waals surface area contributed by atoms with Crippen LogP contribution in [0.25, 0.3) is 10.9 Å². The topological polar surface area (TPSA) is 143 Å². The number of nitrogens with one attached hydrogen (secondary N) is 2. The van der Waals surface area contributed by atoms with Crippen LogP contribution in [0.2, 0.25) is 0 Å². The Labute approximate surface area is 252 Å². The number of rotatable bonds is 10. The van der Waals surface area contributed by atoms with Gasteiger partial charge in [-0.15, -0.1) is 5.10 Å². The van der Waals surface area contributed by atoms with E-state index in [1.807, 2.05) is 19.1 Å². The molecule has 4 aromatic rings. The van der Waals surface area contributed by atoms with E-state index in [-0.39, 0.29) is 33.2 Å². The molecule has 5 rings (SSSR count). The van der Waals surface area contributed by atoms with E-state index in [0.29, 0.717) is 35.2 Å². The van der Waals surface area contributed by atoms with E-state index in [4.69, 9.17) is 4.74 Å². The van der Waals surface area contributed by atoms with Crippen LogP contribution in [-0.4, -0.2) is 73.1 Å². The Bertz CT molecular complexity index is 1820. The smallest absolute Gasteiger partial charge is 0.432 e. The van der Waals surface area contributed by atoms with Crippen LogP contribution in [0.4, 0.5) is 25.1 Å². The molecule has 232 valence electrons. The normalized spacial score (nSPS) is 14.5. The summed E-state index contributed by atoms with van der Waals surface area (Å²) < 4.78 is 60.0. The Balaban J connectivity index is 1.52. The first-order chi connectivity index (χ1) is 21.0. The lowest BCUT2D eigenvalue weighted by Gasteiger charge is -2.20. The van der Waals surface area contributed by atoms with Gasteiger partial charge >= 0.3 is 6.09 Å². The minimum atomic E-state index is -4.43. The van der Waals surface area contributed by atoms with Crippen molar-refractivity contribution in [1.29, 1.82) is 0 Å². The van der Waals surface area contributed by atoms with Crippen LogP contribution in [0.5, 0.6) is 0 Å². The van der Waals surface area contributed by atoms with Crippen LogP contribution in [0.3, 0.4) is 0 Å². The molecule has 1 aliphatic rings. The predicted molar refractivity (Wildman–Crippen MR) is 159 cm³/mol. The van der Waals surface area contributed by atoms with E-state index in [0.717, 1.165) is 50.2 Å². The second kappa shape index (κ2) is 12.7. The van der Waals surface area contributed by atoms with Gasteiger partial charge in [0, 0.05) is 36.8 Å². The largest absolute Gasteiger partial charge is 0.463 e. The molecule has 14 heteroatoms. The number of carbonyl (C=O) groups is 2. The van der Waals surface area contributed by atoms with Crippen LogP contribution in [0.15, 0.2) is 64.4 Å². The van der Waals surface area contributed by atoms with E-state index in [1.165, 1.54) is 6.07 Å². The number of nitrogens with zero attached hydrogens (tertiary/aromatic N) is 3. The Hall–Kier alpha value is -4.40. The van der Waals surface area contributed by atoms with Crippen molar-refractivity contribution in [1.82, 2.24) is 14.7 Å². The maximum atomic E-state index is 13.8. The van der Waals surface area contributed by atoms with Crippen LogP contribution in [-0.2, 0) is 21.1 Å². The maximum Gasteiger partial charge on any atom is 0.432 e. The third kappa shape index (κ3) is 6.56. The Morgan fingerprint density at radius 3 is 2.39 bits per heavy atom. The van der Waals surface area contributed by atoms with Crippen molar-refractivity contribution in [2.75, 3.05) is 37.4 Å². The molecule has 0 radical (unpaired) electrons. The molecule has 1 fully saturated rings. The van der Waals surface area contributed by atoms with Gasteiger partial charge < -0.3 is 20.5 Å². The molecule has 0 aliphatic carbocycles. The molecular formula is C30H31F2N5O6S. The number of methoxy groups -OCH3 is 1. The summed E-state index contributed by atoms with van der Waals surface area (Å²) in [6, 6.07) is 10.5. The fraction of sp³-hybridized carbons (Fsp3) is 0.300. The van der Waals surface area contributed by atoms with E-state index >= 15 is 0 Å². The number of carboxylic acid groups (broad SMARTS) is 1. The van der Waals surface area contributed by atoms with Crippen molar-refractivity contribution in [3.63, 3.8) is 0 Å². The summed E-state index contributed by atoms with van der Waals surface area (Å²) in [5.74, 6) is -2.99. The predicted octanol–water partition coefficient (Wildman–Crippen LogP) is 4.97. The zero-order valence-corrected chi connectivity index (χ0v) is 24.8. The highest BCUT2D eigenvalue weighted by Gasteiger charge is 2.25. The van der Waals surface area contributed by atoms with Gasteiger partial charge in [0.2, 0.25) is 9.84 Å². The molecule has 1 atom stereocenters. The van der Waals surface area contributed by atoms with Gasteiger partial charge in [-0.1, -0.05) is 6.07 Å². The van der Waals surface area contributed by atoms with Crippen LogP contribution < -0.4 is 10.6 Å². The number of likely N-dealkylation sites (tertiary alicyclic amines) is 1. The number of benzene rings is 3. The van der Waals surface area contributed by atoms with E-state index in [2.05, 4.69) is 20.6 Å². The Kier molecular flexibility index (Phi) is 8.95. The number of amides is 1. The number of sulfone groups is 1. The molecule has 0 bridgehead atoms. The lowest BCUT2D eigenvalue weighted by molar-refractivity contribution is 0.102. The van der Waals surface area contributed by atoms with Crippen LogP contribution in [0, 0.1) is 11.6 Å². The number of fused-ring (bicyclic) bond motifs is 1. The molecule has 0 saturated carbocycles. The van der Waals surface area contributed by atoms with Gasteiger partial charge in [-0.3, -0.25) is 9.69 Å². The maximum absolute atomic E-state index is 13.8. The zero-order valence-electron chi connectivity index (χ0n) is 24.0. The summed E-state index contributed by atoms with van der Waals surface area (Å²) >= 11 is 0. The SMILES string of the molecule is COC[C@@H](C)Nc1cc(CN2CCCC2)ccc1C(=O)Nc1nn(C(=O)O)c2ccc(S(=O)(=O)c3cc(F)cc(F)c3)cc12. The molecule has 44 heavy (non-hydrogen) atoms. The average molecular weight is 628 g/mol. The van der Waals surface area contributed by atoms with Crippen molar-refractivity contribution in [2.24, 2.45) is 0 Å². The lowest BCUT2D eigenvalue weighted by Crippen LogP contribution is -2.24. The third-order valence-electron chi connectivity index (χ3n) is 7.27. The van der Waals surface area contributed by atoms with Crippen molar-refractivity contribution < 1.29 is 36.6 Å². The first kappa shape index (κ1) is 31.0. The molecule has 0 spiro atoms. The fourth-order valence-corrected chi connectivity index (χ4v) is 6.59. The molecular weight excluding hydrogens is 596 g/mol. The van der Waals surface area contributed by atoms with Gasteiger partial charge in [-0.25, -0.2) is 22.0 Å². The number of hydrogen-bond acceptors (Lipinski definition) is 8. The van der Waals surface area contributed by atoms with Crippen LogP contribution in [0.1, 0.15) is 35.7 Å². The summed E-state index contributed by atoms with van der Waals surface area (Å²) in [6.45, 7) is 4.98. The number of anilines is 2. The Morgan fingerprint density at radius 2 is 1.73 bits per heavy atom. The monoisotopic (exact) mass is 627 g/mol. The summed E-state index contributed by atoms with van der Waals surface area (Å²) in [5.41, 5.74) is 1.77. The minimum absolute atomic E-state index is 0.00777. The average Bonchev–Trinajstić information content (AvgIpc) is 3.60. The molecule has 1 saturated heterocycles.